The van der Waals surface area contributed by atoms with Crippen molar-refractivity contribution in [2.24, 2.45) is 29.6 Å². The summed E-state index contributed by atoms with van der Waals surface area (Å²) in [6.45, 7) is 16.3. The molecule has 4 heteroatoms. The van der Waals surface area contributed by atoms with E-state index in [1.807, 2.05) is 7.11 Å². The Bertz CT molecular complexity index is 407. The van der Waals surface area contributed by atoms with Crippen molar-refractivity contribution >= 4 is 0 Å². The SMILES string of the molecule is COCC(C)C(OC)C(C)/C=C(\C)CC(C)C(OC)C(C)C(OC)C(C)C. The summed E-state index contributed by atoms with van der Waals surface area (Å²) >= 11 is 0. The predicted octanol–water partition coefficient (Wildman–Crippen LogP) is 5.21. The summed E-state index contributed by atoms with van der Waals surface area (Å²) in [5.74, 6) is 1.93. The molecule has 0 N–H and O–H groups in total. The summed E-state index contributed by atoms with van der Waals surface area (Å²) < 4.78 is 22.7. The summed E-state index contributed by atoms with van der Waals surface area (Å²) in [4.78, 5) is 0. The van der Waals surface area contributed by atoms with Gasteiger partial charge < -0.3 is 18.9 Å². The monoisotopic (exact) mass is 386 g/mol. The highest BCUT2D eigenvalue weighted by atomic mass is 16.5. The van der Waals surface area contributed by atoms with Crippen molar-refractivity contribution in [3.63, 3.8) is 0 Å². The molecule has 0 saturated carbocycles. The Morgan fingerprint density at radius 3 is 1.67 bits per heavy atom. The van der Waals surface area contributed by atoms with Gasteiger partial charge in [-0.05, 0) is 25.2 Å². The largest absolute Gasteiger partial charge is 0.384 e. The highest BCUT2D eigenvalue weighted by Gasteiger charge is 2.32. The van der Waals surface area contributed by atoms with E-state index in [1.165, 1.54) is 5.57 Å². The molecule has 7 unspecified atom stereocenters. The highest BCUT2D eigenvalue weighted by Crippen LogP contribution is 2.29. The number of methoxy groups -OCH3 is 4. The molecule has 0 aliphatic rings. The van der Waals surface area contributed by atoms with E-state index < -0.39 is 0 Å². The number of allylic oxidation sites excluding steroid dienone is 1. The number of ether oxygens (including phenoxy) is 4. The van der Waals surface area contributed by atoms with Crippen LogP contribution in [0.15, 0.2) is 11.6 Å². The van der Waals surface area contributed by atoms with Crippen LogP contribution in [0.4, 0.5) is 0 Å². The maximum Gasteiger partial charge on any atom is 0.0678 e. The number of rotatable bonds is 14. The molecule has 0 aliphatic carbocycles. The van der Waals surface area contributed by atoms with Crippen molar-refractivity contribution in [2.45, 2.75) is 73.2 Å². The molecule has 0 radical (unpaired) electrons. The van der Waals surface area contributed by atoms with Gasteiger partial charge in [0.15, 0.2) is 0 Å². The van der Waals surface area contributed by atoms with Crippen LogP contribution in [0.5, 0.6) is 0 Å². The van der Waals surface area contributed by atoms with Gasteiger partial charge in [-0.2, -0.15) is 0 Å². The zero-order chi connectivity index (χ0) is 21.1. The summed E-state index contributed by atoms with van der Waals surface area (Å²) in [7, 11) is 7.16. The van der Waals surface area contributed by atoms with Crippen molar-refractivity contribution in [1.29, 1.82) is 0 Å². The Hall–Kier alpha value is -0.420. The fraction of sp³-hybridized carbons (Fsp3) is 0.913. The van der Waals surface area contributed by atoms with Crippen LogP contribution in [-0.2, 0) is 18.9 Å². The topological polar surface area (TPSA) is 36.9 Å². The second-order valence-corrected chi connectivity index (χ2v) is 8.69. The van der Waals surface area contributed by atoms with Gasteiger partial charge in [0.05, 0.1) is 24.9 Å². The van der Waals surface area contributed by atoms with Crippen LogP contribution in [0.2, 0.25) is 0 Å². The zero-order valence-electron chi connectivity index (χ0n) is 19.7. The maximum absolute atomic E-state index is 5.90. The van der Waals surface area contributed by atoms with E-state index in [-0.39, 0.29) is 18.3 Å². The first-order valence-corrected chi connectivity index (χ1v) is 10.4. The standard InChI is InChI=1S/C23H46O4/c1-15(2)21(25-9)20(7)23(27-11)18(5)13-16(3)12-17(4)22(26-10)19(6)14-24-8/h12,15,17-23H,13-14H2,1-11H3/b16-12+. The smallest absolute Gasteiger partial charge is 0.0678 e. The first-order valence-electron chi connectivity index (χ1n) is 10.4. The minimum absolute atomic E-state index is 0.158. The fourth-order valence-electron chi connectivity index (χ4n) is 4.80. The van der Waals surface area contributed by atoms with Gasteiger partial charge in [-0.1, -0.05) is 53.2 Å². The number of hydrogen-bond donors (Lipinski definition) is 0. The molecule has 0 aromatic heterocycles. The highest BCUT2D eigenvalue weighted by molar-refractivity contribution is 5.04. The average molecular weight is 387 g/mol. The second-order valence-electron chi connectivity index (χ2n) is 8.69. The van der Waals surface area contributed by atoms with Gasteiger partial charge in [0.25, 0.3) is 0 Å². The van der Waals surface area contributed by atoms with Crippen molar-refractivity contribution < 1.29 is 18.9 Å². The molecule has 0 amide bonds. The van der Waals surface area contributed by atoms with Crippen molar-refractivity contribution in [1.82, 2.24) is 0 Å². The van der Waals surface area contributed by atoms with E-state index in [9.17, 15) is 0 Å². The third-order valence-corrected chi connectivity index (χ3v) is 5.77. The van der Waals surface area contributed by atoms with Gasteiger partial charge >= 0.3 is 0 Å². The lowest BCUT2D eigenvalue weighted by atomic mass is 9.81. The molecule has 0 rings (SSSR count). The Balaban J connectivity index is 5.06. The van der Waals surface area contributed by atoms with E-state index in [1.54, 1.807) is 21.3 Å². The van der Waals surface area contributed by atoms with Gasteiger partial charge in [-0.3, -0.25) is 0 Å². The molecule has 0 aromatic rings. The molecular formula is C23H46O4. The first kappa shape index (κ1) is 26.6. The van der Waals surface area contributed by atoms with E-state index in [4.69, 9.17) is 18.9 Å². The lowest BCUT2D eigenvalue weighted by Crippen LogP contribution is -2.39. The number of hydrogen-bond acceptors (Lipinski definition) is 4. The van der Waals surface area contributed by atoms with Crippen molar-refractivity contribution in [3.8, 4) is 0 Å². The molecule has 0 aromatic carbocycles. The summed E-state index contributed by atoms with van der Waals surface area (Å²) in [6, 6.07) is 0. The van der Waals surface area contributed by atoms with Crippen molar-refractivity contribution in [3.05, 3.63) is 11.6 Å². The third-order valence-electron chi connectivity index (χ3n) is 5.77. The Labute approximate surface area is 169 Å². The van der Waals surface area contributed by atoms with Crippen LogP contribution < -0.4 is 0 Å². The quantitative estimate of drug-likeness (QED) is 0.384. The van der Waals surface area contributed by atoms with Gasteiger partial charge in [-0.25, -0.2) is 0 Å². The predicted molar refractivity (Wildman–Crippen MR) is 114 cm³/mol. The molecule has 0 bridgehead atoms. The zero-order valence-corrected chi connectivity index (χ0v) is 19.7. The summed E-state index contributed by atoms with van der Waals surface area (Å²) in [5.41, 5.74) is 1.38. The molecule has 4 nitrogen and oxygen atoms in total. The van der Waals surface area contributed by atoms with E-state index in [0.717, 1.165) is 6.42 Å². The lowest BCUT2D eigenvalue weighted by Gasteiger charge is -2.35. The molecule has 0 heterocycles. The van der Waals surface area contributed by atoms with Crippen LogP contribution in [-0.4, -0.2) is 53.4 Å². The van der Waals surface area contributed by atoms with Crippen LogP contribution in [0.3, 0.4) is 0 Å². The Morgan fingerprint density at radius 1 is 0.741 bits per heavy atom. The van der Waals surface area contributed by atoms with E-state index in [2.05, 4.69) is 54.5 Å². The van der Waals surface area contributed by atoms with Gasteiger partial charge in [-0.15, -0.1) is 0 Å². The Kier molecular flexibility index (Phi) is 13.5. The minimum Gasteiger partial charge on any atom is -0.384 e. The molecular weight excluding hydrogens is 340 g/mol. The normalized spacial score (nSPS) is 20.8. The van der Waals surface area contributed by atoms with E-state index in [0.29, 0.717) is 36.2 Å². The van der Waals surface area contributed by atoms with Gasteiger partial charge in [0, 0.05) is 46.2 Å². The van der Waals surface area contributed by atoms with E-state index >= 15 is 0 Å². The summed E-state index contributed by atoms with van der Waals surface area (Å²) in [6.07, 6.45) is 3.89. The maximum atomic E-state index is 5.90. The Morgan fingerprint density at radius 2 is 1.26 bits per heavy atom. The molecule has 0 fully saturated rings. The fourth-order valence-corrected chi connectivity index (χ4v) is 4.80. The summed E-state index contributed by atoms with van der Waals surface area (Å²) in [5, 5.41) is 0. The third kappa shape index (κ3) is 8.64. The molecule has 162 valence electrons. The molecule has 0 saturated heterocycles. The van der Waals surface area contributed by atoms with Gasteiger partial charge in [0.1, 0.15) is 0 Å². The second kappa shape index (κ2) is 13.7. The molecule has 0 spiro atoms. The minimum atomic E-state index is 0.158. The first-order chi connectivity index (χ1) is 12.6. The average Bonchev–Trinajstić information content (AvgIpc) is 2.56. The van der Waals surface area contributed by atoms with Crippen LogP contribution in [0.1, 0.15) is 54.9 Å². The molecule has 7 atom stereocenters. The van der Waals surface area contributed by atoms with Crippen LogP contribution in [0, 0.1) is 29.6 Å². The molecule has 27 heavy (non-hydrogen) atoms. The van der Waals surface area contributed by atoms with Crippen molar-refractivity contribution in [2.75, 3.05) is 35.0 Å². The van der Waals surface area contributed by atoms with Gasteiger partial charge in [0.2, 0.25) is 0 Å². The lowest BCUT2D eigenvalue weighted by molar-refractivity contribution is -0.0645. The van der Waals surface area contributed by atoms with Crippen LogP contribution >= 0.6 is 0 Å². The van der Waals surface area contributed by atoms with Crippen LogP contribution in [0.25, 0.3) is 0 Å². The molecule has 0 aliphatic heterocycles.